The van der Waals surface area contributed by atoms with Gasteiger partial charge in [0.05, 0.1) is 0 Å². The Kier molecular flexibility index (Phi) is 4.97. The fourth-order valence-electron chi connectivity index (χ4n) is 3.47. The molecule has 0 spiro atoms. The fourth-order valence-corrected chi connectivity index (χ4v) is 3.47. The standard InChI is InChI=1S/C17H33N7/c1-15(2,3)24-22-14-12(18)13(19-10-20-14)21-11-8-16(4,5)23-17(6,7)9-11/h10-11,23-24H,8-9,18H2,1-7H3,(H2,19,20,21,22). The monoisotopic (exact) mass is 335 g/mol. The normalized spacial score (nSPS) is 20.6. The summed E-state index contributed by atoms with van der Waals surface area (Å²) in [7, 11) is 0. The molecule has 1 aliphatic heterocycles. The van der Waals surface area contributed by atoms with Gasteiger partial charge in [0, 0.05) is 22.7 Å². The Morgan fingerprint density at radius 3 is 2.17 bits per heavy atom. The topological polar surface area (TPSA) is 99.9 Å². The maximum atomic E-state index is 6.26. The molecule has 0 bridgehead atoms. The van der Waals surface area contributed by atoms with Crippen LogP contribution in [0.1, 0.15) is 61.3 Å². The quantitative estimate of drug-likeness (QED) is 0.539. The molecular formula is C17H33N7. The zero-order chi connectivity index (χ0) is 18.2. The molecule has 1 aromatic rings. The van der Waals surface area contributed by atoms with Gasteiger partial charge < -0.3 is 21.8 Å². The number of hydrogen-bond donors (Lipinski definition) is 5. The highest BCUT2D eigenvalue weighted by Gasteiger charge is 2.37. The van der Waals surface area contributed by atoms with E-state index in [2.05, 4.69) is 79.9 Å². The van der Waals surface area contributed by atoms with Crippen LogP contribution in [0.4, 0.5) is 17.3 Å². The molecule has 0 amide bonds. The number of nitrogens with one attached hydrogen (secondary N) is 4. The third kappa shape index (κ3) is 5.21. The molecule has 0 atom stereocenters. The van der Waals surface area contributed by atoms with Crippen LogP contribution in [0.15, 0.2) is 6.33 Å². The number of rotatable bonds is 4. The van der Waals surface area contributed by atoms with Gasteiger partial charge in [-0.15, -0.1) is 0 Å². The molecule has 2 heterocycles. The van der Waals surface area contributed by atoms with Gasteiger partial charge in [-0.05, 0) is 61.3 Å². The largest absolute Gasteiger partial charge is 0.393 e. The summed E-state index contributed by atoms with van der Waals surface area (Å²) in [5.41, 5.74) is 13.1. The van der Waals surface area contributed by atoms with Crippen LogP contribution in [-0.2, 0) is 0 Å². The molecule has 2 rings (SSSR count). The van der Waals surface area contributed by atoms with Crippen LogP contribution in [0.5, 0.6) is 0 Å². The fraction of sp³-hybridized carbons (Fsp3) is 0.765. The van der Waals surface area contributed by atoms with Crippen molar-refractivity contribution in [3.05, 3.63) is 6.33 Å². The number of hydrogen-bond acceptors (Lipinski definition) is 7. The minimum atomic E-state index is -0.0892. The zero-order valence-electron chi connectivity index (χ0n) is 16.0. The van der Waals surface area contributed by atoms with Crippen molar-refractivity contribution in [3.8, 4) is 0 Å². The predicted molar refractivity (Wildman–Crippen MR) is 101 cm³/mol. The maximum Gasteiger partial charge on any atom is 0.169 e. The van der Waals surface area contributed by atoms with Gasteiger partial charge in [-0.25, -0.2) is 15.4 Å². The van der Waals surface area contributed by atoms with Crippen molar-refractivity contribution in [2.75, 3.05) is 16.5 Å². The highest BCUT2D eigenvalue weighted by atomic mass is 15.4. The van der Waals surface area contributed by atoms with E-state index < -0.39 is 0 Å². The van der Waals surface area contributed by atoms with E-state index in [9.17, 15) is 0 Å². The lowest BCUT2D eigenvalue weighted by atomic mass is 9.79. The number of aromatic nitrogens is 2. The van der Waals surface area contributed by atoms with Gasteiger partial charge in [0.2, 0.25) is 0 Å². The average Bonchev–Trinajstić information content (AvgIpc) is 2.35. The Morgan fingerprint density at radius 2 is 1.62 bits per heavy atom. The molecular weight excluding hydrogens is 302 g/mol. The molecule has 0 aliphatic carbocycles. The van der Waals surface area contributed by atoms with Gasteiger partial charge in [-0.3, -0.25) is 0 Å². The lowest BCUT2D eigenvalue weighted by Gasteiger charge is -2.46. The van der Waals surface area contributed by atoms with Crippen molar-refractivity contribution in [1.82, 2.24) is 20.7 Å². The second-order valence-electron chi connectivity index (χ2n) is 9.13. The van der Waals surface area contributed by atoms with Crippen LogP contribution in [-0.4, -0.2) is 32.6 Å². The van der Waals surface area contributed by atoms with E-state index in [1.807, 2.05) is 0 Å². The Hall–Kier alpha value is -1.60. The first kappa shape index (κ1) is 18.7. The lowest BCUT2D eigenvalue weighted by Crippen LogP contribution is -2.60. The third-order valence-corrected chi connectivity index (χ3v) is 3.97. The first-order valence-corrected chi connectivity index (χ1v) is 8.56. The third-order valence-electron chi connectivity index (χ3n) is 3.97. The van der Waals surface area contributed by atoms with Crippen molar-refractivity contribution in [2.45, 2.75) is 84.0 Å². The Balaban J connectivity index is 2.12. The van der Waals surface area contributed by atoms with Gasteiger partial charge in [-0.2, -0.15) is 0 Å². The summed E-state index contributed by atoms with van der Waals surface area (Å²) in [5, 5.41) is 7.20. The minimum Gasteiger partial charge on any atom is -0.393 e. The zero-order valence-corrected chi connectivity index (χ0v) is 16.0. The van der Waals surface area contributed by atoms with Gasteiger partial charge in [0.15, 0.2) is 11.6 Å². The number of piperidine rings is 1. The second kappa shape index (κ2) is 6.37. The number of nitrogen functional groups attached to an aromatic ring is 1. The molecule has 1 saturated heterocycles. The van der Waals surface area contributed by atoms with E-state index in [-0.39, 0.29) is 16.6 Å². The highest BCUT2D eigenvalue weighted by molar-refractivity contribution is 5.74. The van der Waals surface area contributed by atoms with Crippen LogP contribution < -0.4 is 27.2 Å². The Labute approximate surface area is 145 Å². The molecule has 0 aromatic carbocycles. The number of anilines is 3. The van der Waals surface area contributed by atoms with Crippen LogP contribution in [0, 0.1) is 0 Å². The van der Waals surface area contributed by atoms with Crippen LogP contribution in [0.3, 0.4) is 0 Å². The van der Waals surface area contributed by atoms with Gasteiger partial charge >= 0.3 is 0 Å². The number of nitrogens with zero attached hydrogens (tertiary/aromatic N) is 2. The van der Waals surface area contributed by atoms with Crippen molar-refractivity contribution in [2.24, 2.45) is 0 Å². The van der Waals surface area contributed by atoms with Crippen molar-refractivity contribution in [1.29, 1.82) is 0 Å². The van der Waals surface area contributed by atoms with E-state index in [1.54, 1.807) is 0 Å². The predicted octanol–water partition coefficient (Wildman–Crippen LogP) is 2.49. The van der Waals surface area contributed by atoms with E-state index in [1.165, 1.54) is 6.33 Å². The average molecular weight is 336 g/mol. The van der Waals surface area contributed by atoms with E-state index in [0.29, 0.717) is 23.4 Å². The Bertz CT molecular complexity index is 559. The van der Waals surface area contributed by atoms with Crippen molar-refractivity contribution < 1.29 is 0 Å². The summed E-state index contributed by atoms with van der Waals surface area (Å²) < 4.78 is 0. The van der Waals surface area contributed by atoms with E-state index >= 15 is 0 Å². The number of nitrogens with two attached hydrogens (primary N) is 1. The Morgan fingerprint density at radius 1 is 1.08 bits per heavy atom. The highest BCUT2D eigenvalue weighted by Crippen LogP contribution is 2.32. The molecule has 7 heteroatoms. The van der Waals surface area contributed by atoms with E-state index in [4.69, 9.17) is 5.73 Å². The molecule has 0 saturated carbocycles. The molecule has 6 N–H and O–H groups in total. The van der Waals surface area contributed by atoms with Gasteiger partial charge in [0.25, 0.3) is 0 Å². The summed E-state index contributed by atoms with van der Waals surface area (Å²) in [6.45, 7) is 15.1. The van der Waals surface area contributed by atoms with Crippen LogP contribution in [0.25, 0.3) is 0 Å². The minimum absolute atomic E-state index is 0.0656. The molecule has 7 nitrogen and oxygen atoms in total. The SMILES string of the molecule is CC(C)(C)NNc1ncnc(NC2CC(C)(C)NC(C)(C)C2)c1N. The number of hydrazine groups is 1. The first-order valence-electron chi connectivity index (χ1n) is 8.56. The summed E-state index contributed by atoms with van der Waals surface area (Å²) in [4.78, 5) is 8.57. The molecule has 24 heavy (non-hydrogen) atoms. The smallest absolute Gasteiger partial charge is 0.169 e. The van der Waals surface area contributed by atoms with E-state index in [0.717, 1.165) is 12.8 Å². The summed E-state index contributed by atoms with van der Waals surface area (Å²) in [6.07, 6.45) is 3.54. The van der Waals surface area contributed by atoms with Gasteiger partial charge in [-0.1, -0.05) is 0 Å². The second-order valence-corrected chi connectivity index (χ2v) is 9.13. The van der Waals surface area contributed by atoms with Gasteiger partial charge in [0.1, 0.15) is 12.0 Å². The summed E-state index contributed by atoms with van der Waals surface area (Å²) in [5.74, 6) is 1.27. The lowest BCUT2D eigenvalue weighted by molar-refractivity contribution is 0.170. The molecule has 136 valence electrons. The van der Waals surface area contributed by atoms with Crippen LogP contribution >= 0.6 is 0 Å². The van der Waals surface area contributed by atoms with Crippen LogP contribution in [0.2, 0.25) is 0 Å². The molecule has 0 unspecified atom stereocenters. The summed E-state index contributed by atoms with van der Waals surface area (Å²) >= 11 is 0. The molecule has 1 fully saturated rings. The first-order chi connectivity index (χ1) is 10.9. The molecule has 0 radical (unpaired) electrons. The molecule has 1 aliphatic rings. The summed E-state index contributed by atoms with van der Waals surface area (Å²) in [6, 6.07) is 0.303. The van der Waals surface area contributed by atoms with Crippen molar-refractivity contribution in [3.63, 3.8) is 0 Å². The van der Waals surface area contributed by atoms with Crippen molar-refractivity contribution >= 4 is 17.3 Å². The molecule has 1 aromatic heterocycles. The maximum absolute atomic E-state index is 6.26.